The molecule has 0 aromatic rings. The number of hydrogen-bond acceptors (Lipinski definition) is 0. The Hall–Kier alpha value is 0. The molecule has 0 aromatic carbocycles. The van der Waals surface area contributed by atoms with Crippen molar-refractivity contribution >= 4 is 0 Å². The lowest BCUT2D eigenvalue weighted by Crippen LogP contribution is -2.00. The van der Waals surface area contributed by atoms with Crippen LogP contribution in [0.1, 0.15) is 110 Å². The van der Waals surface area contributed by atoms with Crippen LogP contribution in [0.15, 0.2) is 0 Å². The molecule has 0 saturated carbocycles. The third kappa shape index (κ3) is 14.2. The smallest absolute Gasteiger partial charge is 0.0414 e. The van der Waals surface area contributed by atoms with E-state index < -0.39 is 0 Å². The standard InChI is InChI=1S/C19H39/c1-4-7-9-10-11-12-13-14-15-18-19(16-6-3)17-8-5-2/h19H,3-18H2,1-2H3. The second kappa shape index (κ2) is 16.1. The van der Waals surface area contributed by atoms with Gasteiger partial charge in [0, 0.05) is 0 Å². The summed E-state index contributed by atoms with van der Waals surface area (Å²) in [5.41, 5.74) is 0. The van der Waals surface area contributed by atoms with Gasteiger partial charge in [-0.15, -0.1) is 0 Å². The van der Waals surface area contributed by atoms with Gasteiger partial charge >= 0.3 is 0 Å². The van der Waals surface area contributed by atoms with E-state index >= 15 is 0 Å². The normalized spacial score (nSPS) is 12.8. The van der Waals surface area contributed by atoms with Crippen molar-refractivity contribution in [3.8, 4) is 0 Å². The lowest BCUT2D eigenvalue weighted by Gasteiger charge is -2.15. The molecule has 0 bridgehead atoms. The van der Waals surface area contributed by atoms with Crippen molar-refractivity contribution in [2.24, 2.45) is 5.92 Å². The summed E-state index contributed by atoms with van der Waals surface area (Å²) in [5, 5.41) is 0. The third-order valence-electron chi connectivity index (χ3n) is 4.29. The lowest BCUT2D eigenvalue weighted by atomic mass is 9.91. The van der Waals surface area contributed by atoms with Crippen LogP contribution in [0.4, 0.5) is 0 Å². The summed E-state index contributed by atoms with van der Waals surface area (Å²) in [6.45, 7) is 8.62. The Bertz CT molecular complexity index is 150. The Morgan fingerprint density at radius 3 is 1.58 bits per heavy atom. The molecule has 0 aromatic heterocycles. The van der Waals surface area contributed by atoms with E-state index in [0.29, 0.717) is 0 Å². The molecule has 0 aliphatic carbocycles. The van der Waals surface area contributed by atoms with Crippen molar-refractivity contribution in [1.82, 2.24) is 0 Å². The van der Waals surface area contributed by atoms with Gasteiger partial charge in [-0.2, -0.15) is 0 Å². The van der Waals surface area contributed by atoms with Crippen LogP contribution in [0.5, 0.6) is 0 Å². The number of rotatable bonds is 15. The molecule has 0 fully saturated rings. The fourth-order valence-corrected chi connectivity index (χ4v) is 2.96. The third-order valence-corrected chi connectivity index (χ3v) is 4.29. The summed E-state index contributed by atoms with van der Waals surface area (Å²) in [7, 11) is 0. The van der Waals surface area contributed by atoms with Crippen LogP contribution >= 0.6 is 0 Å². The molecule has 0 spiro atoms. The van der Waals surface area contributed by atoms with Gasteiger partial charge in [0.1, 0.15) is 0 Å². The fraction of sp³-hybridized carbons (Fsp3) is 0.947. The van der Waals surface area contributed by atoms with Gasteiger partial charge < -0.3 is 0 Å². The highest BCUT2D eigenvalue weighted by molar-refractivity contribution is 4.61. The average molecular weight is 268 g/mol. The Morgan fingerprint density at radius 2 is 1.05 bits per heavy atom. The summed E-state index contributed by atoms with van der Waals surface area (Å²) in [6.07, 6.45) is 21.2. The Labute approximate surface area is 123 Å². The first-order chi connectivity index (χ1) is 9.35. The molecule has 115 valence electrons. The molecule has 0 amide bonds. The number of hydrogen-bond donors (Lipinski definition) is 0. The maximum absolute atomic E-state index is 4.03. The molecule has 0 heteroatoms. The summed E-state index contributed by atoms with van der Waals surface area (Å²) < 4.78 is 0. The fourth-order valence-electron chi connectivity index (χ4n) is 2.96. The minimum atomic E-state index is 0.974. The van der Waals surface area contributed by atoms with Crippen LogP contribution in [0, 0.1) is 12.8 Å². The monoisotopic (exact) mass is 267 g/mol. The highest BCUT2D eigenvalue weighted by Gasteiger charge is 2.06. The van der Waals surface area contributed by atoms with Gasteiger partial charge in [0.25, 0.3) is 0 Å². The van der Waals surface area contributed by atoms with Crippen LogP contribution in [-0.4, -0.2) is 0 Å². The zero-order valence-electron chi connectivity index (χ0n) is 13.9. The van der Waals surface area contributed by atoms with E-state index in [1.165, 1.54) is 89.9 Å². The zero-order valence-corrected chi connectivity index (χ0v) is 13.9. The van der Waals surface area contributed by atoms with Crippen molar-refractivity contribution in [1.29, 1.82) is 0 Å². The maximum Gasteiger partial charge on any atom is -0.0414 e. The second-order valence-electron chi connectivity index (χ2n) is 6.27. The zero-order chi connectivity index (χ0) is 14.2. The Balaban J connectivity index is 3.29. The molecule has 1 unspecified atom stereocenters. The van der Waals surface area contributed by atoms with Crippen molar-refractivity contribution in [3.63, 3.8) is 0 Å². The van der Waals surface area contributed by atoms with Gasteiger partial charge in [-0.05, 0) is 5.92 Å². The summed E-state index contributed by atoms with van der Waals surface area (Å²) in [4.78, 5) is 0. The van der Waals surface area contributed by atoms with Crippen LogP contribution in [0.3, 0.4) is 0 Å². The first-order valence-electron chi connectivity index (χ1n) is 9.14. The number of unbranched alkanes of at least 4 members (excludes halogenated alkanes) is 9. The SMILES string of the molecule is [CH2]CCC(CCCC)CCCCCCCCCCC. The second-order valence-corrected chi connectivity index (χ2v) is 6.27. The first-order valence-corrected chi connectivity index (χ1v) is 9.14. The van der Waals surface area contributed by atoms with E-state index in [1.807, 2.05) is 0 Å². The van der Waals surface area contributed by atoms with Crippen molar-refractivity contribution < 1.29 is 0 Å². The quantitative estimate of drug-likeness (QED) is 0.272. The first kappa shape index (κ1) is 19.0. The molecule has 0 nitrogen and oxygen atoms in total. The summed E-state index contributed by atoms with van der Waals surface area (Å²) in [6, 6.07) is 0. The molecule has 19 heavy (non-hydrogen) atoms. The van der Waals surface area contributed by atoms with Gasteiger partial charge in [0.05, 0.1) is 0 Å². The van der Waals surface area contributed by atoms with Gasteiger partial charge in [-0.25, -0.2) is 0 Å². The van der Waals surface area contributed by atoms with E-state index in [-0.39, 0.29) is 0 Å². The topological polar surface area (TPSA) is 0 Å². The minimum Gasteiger partial charge on any atom is -0.0654 e. The molecule has 0 rings (SSSR count). The molecular weight excluding hydrogens is 228 g/mol. The molecular formula is C19H39. The van der Waals surface area contributed by atoms with E-state index in [9.17, 15) is 0 Å². The molecule has 0 aliphatic heterocycles. The summed E-state index contributed by atoms with van der Waals surface area (Å²) >= 11 is 0. The van der Waals surface area contributed by atoms with Crippen molar-refractivity contribution in [2.75, 3.05) is 0 Å². The molecule has 1 atom stereocenters. The van der Waals surface area contributed by atoms with Crippen LogP contribution < -0.4 is 0 Å². The van der Waals surface area contributed by atoms with Gasteiger partial charge in [-0.1, -0.05) is 117 Å². The average Bonchev–Trinajstić information content (AvgIpc) is 2.42. The van der Waals surface area contributed by atoms with Gasteiger partial charge in [0.15, 0.2) is 0 Å². The Morgan fingerprint density at radius 1 is 0.579 bits per heavy atom. The van der Waals surface area contributed by atoms with E-state index in [2.05, 4.69) is 20.8 Å². The maximum atomic E-state index is 4.03. The van der Waals surface area contributed by atoms with E-state index in [4.69, 9.17) is 0 Å². The van der Waals surface area contributed by atoms with E-state index in [1.54, 1.807) is 0 Å². The molecule has 0 N–H and O–H groups in total. The predicted molar refractivity (Wildman–Crippen MR) is 89.5 cm³/mol. The molecule has 0 saturated heterocycles. The minimum absolute atomic E-state index is 0.974. The highest BCUT2D eigenvalue weighted by Crippen LogP contribution is 2.22. The van der Waals surface area contributed by atoms with Crippen molar-refractivity contribution in [3.05, 3.63) is 6.92 Å². The molecule has 1 radical (unpaired) electrons. The summed E-state index contributed by atoms with van der Waals surface area (Å²) in [5.74, 6) is 0.974. The van der Waals surface area contributed by atoms with Gasteiger partial charge in [-0.3, -0.25) is 0 Å². The lowest BCUT2D eigenvalue weighted by molar-refractivity contribution is 0.388. The van der Waals surface area contributed by atoms with Crippen LogP contribution in [-0.2, 0) is 0 Å². The molecule has 0 aliphatic rings. The highest BCUT2D eigenvalue weighted by atomic mass is 14.1. The van der Waals surface area contributed by atoms with Crippen LogP contribution in [0.2, 0.25) is 0 Å². The van der Waals surface area contributed by atoms with Crippen molar-refractivity contribution in [2.45, 2.75) is 110 Å². The van der Waals surface area contributed by atoms with Crippen LogP contribution in [0.25, 0.3) is 0 Å². The largest absolute Gasteiger partial charge is 0.0654 e. The molecule has 0 heterocycles. The van der Waals surface area contributed by atoms with E-state index in [0.717, 1.165) is 12.3 Å². The predicted octanol–water partition coefficient (Wildman–Crippen LogP) is 7.33. The van der Waals surface area contributed by atoms with Gasteiger partial charge in [0.2, 0.25) is 0 Å². The Kier molecular flexibility index (Phi) is 16.1.